The lowest BCUT2D eigenvalue weighted by atomic mass is 9.95. The molecule has 6 heteroatoms. The van der Waals surface area contributed by atoms with E-state index in [9.17, 15) is 9.59 Å². The first kappa shape index (κ1) is 19.7. The Morgan fingerprint density at radius 1 is 1.11 bits per heavy atom. The van der Waals surface area contributed by atoms with Gasteiger partial charge in [-0.3, -0.25) is 14.5 Å². The van der Waals surface area contributed by atoms with Gasteiger partial charge in [-0.15, -0.1) is 0 Å². The number of carbonyl (C=O) groups is 2. The number of nitrogens with zero attached hydrogens (tertiary/aromatic N) is 2. The number of nitrogens with one attached hydrogen (secondary N) is 1. The van der Waals surface area contributed by atoms with Gasteiger partial charge in [0.2, 0.25) is 5.91 Å². The molecule has 148 valence electrons. The molecule has 1 aromatic rings. The van der Waals surface area contributed by atoms with Gasteiger partial charge in [0.25, 0.3) is 5.91 Å². The van der Waals surface area contributed by atoms with Crippen LogP contribution < -0.4 is 10.1 Å². The van der Waals surface area contributed by atoms with Crippen molar-refractivity contribution in [3.8, 4) is 5.75 Å². The van der Waals surface area contributed by atoms with Crippen LogP contribution in [0.3, 0.4) is 0 Å². The number of carbonyl (C=O) groups excluding carboxylic acids is 2. The van der Waals surface area contributed by atoms with E-state index in [2.05, 4.69) is 10.2 Å². The monoisotopic (exact) mass is 373 g/mol. The van der Waals surface area contributed by atoms with Crippen molar-refractivity contribution in [3.63, 3.8) is 0 Å². The minimum atomic E-state index is 0.0274. The summed E-state index contributed by atoms with van der Waals surface area (Å²) in [6.07, 6.45) is 5.93. The second-order valence-corrected chi connectivity index (χ2v) is 7.66. The lowest BCUT2D eigenvalue weighted by molar-refractivity contribution is -0.123. The molecule has 1 saturated heterocycles. The lowest BCUT2D eigenvalue weighted by Crippen LogP contribution is -2.52. The number of methoxy groups -OCH3 is 1. The molecule has 2 amide bonds. The molecule has 1 aliphatic carbocycles. The average molecular weight is 373 g/mol. The average Bonchev–Trinajstić information content (AvgIpc) is 2.69. The van der Waals surface area contributed by atoms with Crippen LogP contribution in [0.2, 0.25) is 0 Å². The largest absolute Gasteiger partial charge is 0.496 e. The summed E-state index contributed by atoms with van der Waals surface area (Å²) >= 11 is 0. The van der Waals surface area contributed by atoms with E-state index < -0.39 is 0 Å². The highest BCUT2D eigenvalue weighted by Gasteiger charge is 2.24. The predicted molar refractivity (Wildman–Crippen MR) is 105 cm³/mol. The number of amides is 2. The first-order valence-electron chi connectivity index (χ1n) is 10.0. The summed E-state index contributed by atoms with van der Waals surface area (Å²) in [6, 6.07) is 5.93. The van der Waals surface area contributed by atoms with Crippen molar-refractivity contribution >= 4 is 11.8 Å². The second-order valence-electron chi connectivity index (χ2n) is 7.66. The van der Waals surface area contributed by atoms with Gasteiger partial charge >= 0.3 is 0 Å². The Kier molecular flexibility index (Phi) is 6.72. The fourth-order valence-corrected chi connectivity index (χ4v) is 3.97. The Morgan fingerprint density at radius 3 is 2.48 bits per heavy atom. The number of benzene rings is 1. The van der Waals surface area contributed by atoms with E-state index in [0.29, 0.717) is 31.2 Å². The van der Waals surface area contributed by atoms with Crippen LogP contribution in [0.25, 0.3) is 0 Å². The molecule has 3 rings (SSSR count). The van der Waals surface area contributed by atoms with Crippen molar-refractivity contribution in [2.45, 2.75) is 45.1 Å². The van der Waals surface area contributed by atoms with Crippen molar-refractivity contribution in [1.29, 1.82) is 0 Å². The molecule has 1 aliphatic heterocycles. The maximum Gasteiger partial charge on any atom is 0.254 e. The fraction of sp³-hybridized carbons (Fsp3) is 0.619. The summed E-state index contributed by atoms with van der Waals surface area (Å²) < 4.78 is 5.32. The normalized spacial score (nSPS) is 19.0. The van der Waals surface area contributed by atoms with Crippen LogP contribution >= 0.6 is 0 Å². The zero-order valence-electron chi connectivity index (χ0n) is 16.5. The maximum atomic E-state index is 12.7. The standard InChI is InChI=1S/C21H31N3O3/c1-16-8-9-17(14-19(16)27-2)21(26)24-12-10-23(11-13-24)15-20(25)22-18-6-4-3-5-7-18/h8-9,14,18H,3-7,10-13,15H2,1-2H3,(H,22,25). The molecule has 0 aromatic heterocycles. The quantitative estimate of drug-likeness (QED) is 0.860. The van der Waals surface area contributed by atoms with Crippen LogP contribution in [0.1, 0.15) is 48.0 Å². The number of hydrogen-bond donors (Lipinski definition) is 1. The molecular weight excluding hydrogens is 342 g/mol. The summed E-state index contributed by atoms with van der Waals surface area (Å²) in [4.78, 5) is 29.0. The number of rotatable bonds is 5. The molecule has 2 aliphatic rings. The summed E-state index contributed by atoms with van der Waals surface area (Å²) in [5.41, 5.74) is 1.67. The number of aryl methyl sites for hydroxylation is 1. The summed E-state index contributed by atoms with van der Waals surface area (Å²) in [5.74, 6) is 0.878. The first-order valence-corrected chi connectivity index (χ1v) is 10.0. The highest BCUT2D eigenvalue weighted by Crippen LogP contribution is 2.21. The molecule has 1 saturated carbocycles. The van der Waals surface area contributed by atoms with Crippen molar-refractivity contribution in [2.24, 2.45) is 0 Å². The van der Waals surface area contributed by atoms with Gasteiger partial charge in [-0.2, -0.15) is 0 Å². The second kappa shape index (κ2) is 9.22. The van der Waals surface area contributed by atoms with E-state index in [-0.39, 0.29) is 11.8 Å². The Bertz CT molecular complexity index is 663. The van der Waals surface area contributed by atoms with Gasteiger partial charge in [-0.05, 0) is 37.5 Å². The zero-order chi connectivity index (χ0) is 19.2. The Hall–Kier alpha value is -2.08. The highest BCUT2D eigenvalue weighted by atomic mass is 16.5. The van der Waals surface area contributed by atoms with Gasteiger partial charge in [0.05, 0.1) is 13.7 Å². The highest BCUT2D eigenvalue weighted by molar-refractivity contribution is 5.94. The number of hydrogen-bond acceptors (Lipinski definition) is 4. The van der Waals surface area contributed by atoms with E-state index in [1.165, 1.54) is 19.3 Å². The third-order valence-corrected chi connectivity index (χ3v) is 5.65. The van der Waals surface area contributed by atoms with Crippen molar-refractivity contribution in [3.05, 3.63) is 29.3 Å². The minimum absolute atomic E-state index is 0.0274. The molecule has 6 nitrogen and oxygen atoms in total. The smallest absolute Gasteiger partial charge is 0.254 e. The molecule has 2 fully saturated rings. The predicted octanol–water partition coefficient (Wildman–Crippen LogP) is 2.21. The van der Waals surface area contributed by atoms with Crippen molar-refractivity contribution < 1.29 is 14.3 Å². The van der Waals surface area contributed by atoms with Gasteiger partial charge in [0, 0.05) is 37.8 Å². The van der Waals surface area contributed by atoms with E-state index in [0.717, 1.165) is 37.2 Å². The zero-order valence-corrected chi connectivity index (χ0v) is 16.5. The fourth-order valence-electron chi connectivity index (χ4n) is 3.97. The third kappa shape index (κ3) is 5.22. The van der Waals surface area contributed by atoms with Crippen LogP contribution in [0, 0.1) is 6.92 Å². The van der Waals surface area contributed by atoms with Crippen LogP contribution in [0.15, 0.2) is 18.2 Å². The SMILES string of the molecule is COc1cc(C(=O)N2CCN(CC(=O)NC3CCCCC3)CC2)ccc1C. The number of piperazine rings is 1. The molecule has 0 atom stereocenters. The van der Waals surface area contributed by atoms with Gasteiger partial charge in [-0.25, -0.2) is 0 Å². The van der Waals surface area contributed by atoms with E-state index in [1.807, 2.05) is 30.0 Å². The molecule has 0 radical (unpaired) electrons. The van der Waals surface area contributed by atoms with Crippen LogP contribution in [-0.4, -0.2) is 67.5 Å². The molecule has 1 heterocycles. The van der Waals surface area contributed by atoms with Gasteiger partial charge < -0.3 is 15.0 Å². The lowest BCUT2D eigenvalue weighted by Gasteiger charge is -2.35. The van der Waals surface area contributed by atoms with E-state index in [1.54, 1.807) is 7.11 Å². The minimum Gasteiger partial charge on any atom is -0.496 e. The van der Waals surface area contributed by atoms with E-state index in [4.69, 9.17) is 4.74 Å². The molecule has 0 bridgehead atoms. The summed E-state index contributed by atoms with van der Waals surface area (Å²) in [6.45, 7) is 5.14. The van der Waals surface area contributed by atoms with Crippen LogP contribution in [0.4, 0.5) is 0 Å². The Balaban J connectivity index is 1.46. The van der Waals surface area contributed by atoms with Crippen LogP contribution in [0.5, 0.6) is 5.75 Å². The van der Waals surface area contributed by atoms with Gasteiger partial charge in [0.15, 0.2) is 0 Å². The van der Waals surface area contributed by atoms with Crippen molar-refractivity contribution in [2.75, 3.05) is 39.8 Å². The maximum absolute atomic E-state index is 12.7. The van der Waals surface area contributed by atoms with Gasteiger partial charge in [-0.1, -0.05) is 25.3 Å². The van der Waals surface area contributed by atoms with E-state index >= 15 is 0 Å². The van der Waals surface area contributed by atoms with Crippen LogP contribution in [-0.2, 0) is 4.79 Å². The first-order chi connectivity index (χ1) is 13.1. The topological polar surface area (TPSA) is 61.9 Å². The summed E-state index contributed by atoms with van der Waals surface area (Å²) in [7, 11) is 1.62. The molecule has 27 heavy (non-hydrogen) atoms. The molecule has 0 unspecified atom stereocenters. The summed E-state index contributed by atoms with van der Waals surface area (Å²) in [5, 5.41) is 3.17. The van der Waals surface area contributed by atoms with Crippen molar-refractivity contribution in [1.82, 2.24) is 15.1 Å². The number of ether oxygens (including phenoxy) is 1. The molecule has 0 spiro atoms. The van der Waals surface area contributed by atoms with Gasteiger partial charge in [0.1, 0.15) is 5.75 Å². The molecule has 1 N–H and O–H groups in total. The third-order valence-electron chi connectivity index (χ3n) is 5.65. The Morgan fingerprint density at radius 2 is 1.81 bits per heavy atom. The molecular formula is C21H31N3O3. The molecule has 1 aromatic carbocycles. The Labute approximate surface area is 161 Å².